The number of primary amides is 1. The Bertz CT molecular complexity index is 1530. The van der Waals surface area contributed by atoms with Crippen molar-refractivity contribution in [3.63, 3.8) is 0 Å². The van der Waals surface area contributed by atoms with E-state index < -0.39 is 10.8 Å². The van der Waals surface area contributed by atoms with Crippen LogP contribution in [0.4, 0.5) is 0 Å². The fourth-order valence-corrected chi connectivity index (χ4v) is 7.69. The minimum Gasteiger partial charge on any atom is -0.493 e. The highest BCUT2D eigenvalue weighted by molar-refractivity contribution is 6.42. The zero-order valence-electron chi connectivity index (χ0n) is 26.3. The Morgan fingerprint density at radius 1 is 0.911 bits per heavy atom. The van der Waals surface area contributed by atoms with Crippen LogP contribution in [0.15, 0.2) is 60.7 Å². The predicted molar refractivity (Wildman–Crippen MR) is 177 cm³/mol. The van der Waals surface area contributed by atoms with Gasteiger partial charge in [-0.25, -0.2) is 0 Å². The van der Waals surface area contributed by atoms with Gasteiger partial charge in [-0.05, 0) is 74.2 Å². The second kappa shape index (κ2) is 13.5. The molecule has 8 nitrogen and oxygen atoms in total. The zero-order chi connectivity index (χ0) is 32.4. The summed E-state index contributed by atoms with van der Waals surface area (Å²) in [7, 11) is 4.58. The van der Waals surface area contributed by atoms with Gasteiger partial charge in [0, 0.05) is 30.1 Å². The van der Waals surface area contributed by atoms with Crippen molar-refractivity contribution in [2.75, 3.05) is 47.5 Å². The van der Waals surface area contributed by atoms with Gasteiger partial charge in [-0.15, -0.1) is 0 Å². The first-order valence-electron chi connectivity index (χ1n) is 15.2. The lowest BCUT2D eigenvalue weighted by atomic mass is 9.62. The summed E-state index contributed by atoms with van der Waals surface area (Å²) in [5, 5.41) is 0.915. The molecule has 10 heteroatoms. The Balaban J connectivity index is 1.58. The Morgan fingerprint density at radius 2 is 1.60 bits per heavy atom. The Hall–Kier alpha value is -3.46. The molecular formula is C35H41Cl2N3O5. The van der Waals surface area contributed by atoms with E-state index >= 15 is 0 Å². The van der Waals surface area contributed by atoms with Crippen molar-refractivity contribution in [2.45, 2.75) is 44.1 Å². The molecule has 240 valence electrons. The molecule has 2 amide bonds. The van der Waals surface area contributed by atoms with Gasteiger partial charge in [-0.3, -0.25) is 14.5 Å². The number of hydrogen-bond acceptors (Lipinski definition) is 6. The summed E-state index contributed by atoms with van der Waals surface area (Å²) in [5.41, 5.74) is 7.47. The molecule has 3 atom stereocenters. The highest BCUT2D eigenvalue weighted by atomic mass is 35.5. The number of carbonyl (C=O) groups is 2. The molecule has 3 aromatic rings. The SMILES string of the molecule is CCN1CCC(Cc2ccccc2)(C(N)=O)CC1C1(c2ccc(Cl)c(Cl)c2)CCN(C(=O)c2cc(OC)c(OC)c(OC)c2)C1. The molecule has 0 bridgehead atoms. The van der Waals surface area contributed by atoms with Gasteiger partial charge in [0.1, 0.15) is 0 Å². The number of hydrogen-bond donors (Lipinski definition) is 1. The molecule has 0 aliphatic carbocycles. The van der Waals surface area contributed by atoms with E-state index in [1.165, 1.54) is 21.3 Å². The highest BCUT2D eigenvalue weighted by Gasteiger charge is 2.55. The molecule has 2 fully saturated rings. The number of rotatable bonds is 10. The lowest BCUT2D eigenvalue weighted by molar-refractivity contribution is -0.133. The van der Waals surface area contributed by atoms with Crippen molar-refractivity contribution >= 4 is 35.0 Å². The van der Waals surface area contributed by atoms with Crippen LogP contribution in [0.5, 0.6) is 17.2 Å². The molecule has 0 saturated carbocycles. The summed E-state index contributed by atoms with van der Waals surface area (Å²) >= 11 is 13.0. The van der Waals surface area contributed by atoms with Crippen molar-refractivity contribution < 1.29 is 23.8 Å². The third-order valence-electron chi connectivity index (χ3n) is 9.85. The Morgan fingerprint density at radius 3 is 2.18 bits per heavy atom. The Labute approximate surface area is 275 Å². The van der Waals surface area contributed by atoms with Gasteiger partial charge in [-0.1, -0.05) is 66.5 Å². The van der Waals surface area contributed by atoms with Crippen molar-refractivity contribution in [3.8, 4) is 17.2 Å². The largest absolute Gasteiger partial charge is 0.493 e. The molecule has 2 aliphatic rings. The molecule has 0 aromatic heterocycles. The summed E-state index contributed by atoms with van der Waals surface area (Å²) in [6, 6.07) is 19.1. The fourth-order valence-electron chi connectivity index (χ4n) is 7.40. The molecule has 0 spiro atoms. The van der Waals surface area contributed by atoms with Crippen LogP contribution in [0.3, 0.4) is 0 Å². The van der Waals surface area contributed by atoms with Crippen molar-refractivity contribution in [1.82, 2.24) is 9.80 Å². The maximum atomic E-state index is 14.2. The molecule has 2 aliphatic heterocycles. The van der Waals surface area contributed by atoms with E-state index in [1.54, 1.807) is 12.1 Å². The Kier molecular flexibility index (Phi) is 9.87. The number of amides is 2. The van der Waals surface area contributed by atoms with Crippen molar-refractivity contribution in [1.29, 1.82) is 0 Å². The molecule has 3 unspecified atom stereocenters. The van der Waals surface area contributed by atoms with E-state index in [0.717, 1.165) is 17.7 Å². The molecule has 2 heterocycles. The minimum absolute atomic E-state index is 0.0950. The molecular weight excluding hydrogens is 613 g/mol. The number of methoxy groups -OCH3 is 3. The second-order valence-electron chi connectivity index (χ2n) is 12.1. The number of likely N-dealkylation sites (tertiary alicyclic amines) is 2. The quantitative estimate of drug-likeness (QED) is 0.288. The van der Waals surface area contributed by atoms with E-state index in [4.69, 9.17) is 43.1 Å². The first-order chi connectivity index (χ1) is 21.6. The molecule has 5 rings (SSSR count). The lowest BCUT2D eigenvalue weighted by Gasteiger charge is -2.52. The summed E-state index contributed by atoms with van der Waals surface area (Å²) in [6.45, 7) is 4.56. The van der Waals surface area contributed by atoms with Gasteiger partial charge in [0.25, 0.3) is 5.91 Å². The summed E-state index contributed by atoms with van der Waals surface area (Å²) in [5.74, 6) is 0.795. The van der Waals surface area contributed by atoms with E-state index in [1.807, 2.05) is 53.4 Å². The first kappa shape index (κ1) is 32.9. The van der Waals surface area contributed by atoms with E-state index in [9.17, 15) is 9.59 Å². The standard InChI is InChI=1S/C35H41Cl2N3O5/c1-5-39-15-13-34(33(38)42,20-23-9-7-6-8-10-23)21-30(39)35(25-11-12-26(36)27(37)19-25)14-16-40(22-35)32(41)24-17-28(43-2)31(45-4)29(18-24)44-3/h6-12,17-19,30H,5,13-16,20-22H2,1-4H3,(H2,38,42). The third kappa shape index (κ3) is 6.20. The maximum Gasteiger partial charge on any atom is 0.254 e. The average molecular weight is 655 g/mol. The lowest BCUT2D eigenvalue weighted by Crippen LogP contribution is -2.60. The van der Waals surface area contributed by atoms with Crippen molar-refractivity contribution in [3.05, 3.63) is 87.4 Å². The van der Waals surface area contributed by atoms with E-state index in [-0.39, 0.29) is 17.9 Å². The number of piperidine rings is 1. The van der Waals surface area contributed by atoms with Crippen LogP contribution in [-0.4, -0.2) is 75.2 Å². The van der Waals surface area contributed by atoms with Crippen LogP contribution < -0.4 is 19.9 Å². The number of nitrogens with two attached hydrogens (primary N) is 1. The number of halogens is 2. The van der Waals surface area contributed by atoms with Crippen molar-refractivity contribution in [2.24, 2.45) is 11.1 Å². The van der Waals surface area contributed by atoms with Crippen LogP contribution in [0.25, 0.3) is 0 Å². The van der Waals surface area contributed by atoms with Gasteiger partial charge in [0.05, 0.1) is 36.8 Å². The summed E-state index contributed by atoms with van der Waals surface area (Å²) < 4.78 is 16.5. The number of nitrogens with zero attached hydrogens (tertiary/aromatic N) is 2. The number of likely N-dealkylation sites (N-methyl/N-ethyl adjacent to an activating group) is 1. The minimum atomic E-state index is -0.741. The van der Waals surface area contributed by atoms with Crippen LogP contribution >= 0.6 is 23.2 Å². The first-order valence-corrected chi connectivity index (χ1v) is 16.0. The zero-order valence-corrected chi connectivity index (χ0v) is 27.8. The highest BCUT2D eigenvalue weighted by Crippen LogP contribution is 2.50. The summed E-state index contributed by atoms with van der Waals surface area (Å²) in [6.07, 6.45) is 2.44. The average Bonchev–Trinajstić information content (AvgIpc) is 3.51. The molecule has 0 radical (unpaired) electrons. The monoisotopic (exact) mass is 653 g/mol. The van der Waals surface area contributed by atoms with Gasteiger partial charge in [0.2, 0.25) is 11.7 Å². The van der Waals surface area contributed by atoms with Crippen LogP contribution in [0, 0.1) is 5.41 Å². The van der Waals surface area contributed by atoms with Gasteiger partial charge >= 0.3 is 0 Å². The molecule has 2 N–H and O–H groups in total. The normalized spacial score (nSPS) is 23.5. The van der Waals surface area contributed by atoms with Crippen LogP contribution in [0.1, 0.15) is 47.7 Å². The number of benzene rings is 3. The second-order valence-corrected chi connectivity index (χ2v) is 12.9. The number of carbonyl (C=O) groups excluding carboxylic acids is 2. The molecule has 45 heavy (non-hydrogen) atoms. The molecule has 2 saturated heterocycles. The molecule has 3 aromatic carbocycles. The number of ether oxygens (including phenoxy) is 3. The third-order valence-corrected chi connectivity index (χ3v) is 10.6. The fraction of sp³-hybridized carbons (Fsp3) is 0.429. The van der Waals surface area contributed by atoms with Gasteiger partial charge in [0.15, 0.2) is 11.5 Å². The topological polar surface area (TPSA) is 94.3 Å². The van der Waals surface area contributed by atoms with E-state index in [0.29, 0.717) is 78.2 Å². The van der Waals surface area contributed by atoms with Gasteiger partial charge < -0.3 is 24.8 Å². The van der Waals surface area contributed by atoms with E-state index in [2.05, 4.69) is 11.8 Å². The smallest absolute Gasteiger partial charge is 0.254 e. The summed E-state index contributed by atoms with van der Waals surface area (Å²) in [4.78, 5) is 31.8. The maximum absolute atomic E-state index is 14.2. The van der Waals surface area contributed by atoms with Crippen LogP contribution in [0.2, 0.25) is 10.0 Å². The van der Waals surface area contributed by atoms with Gasteiger partial charge in [-0.2, -0.15) is 0 Å². The van der Waals surface area contributed by atoms with Crippen LogP contribution in [-0.2, 0) is 16.6 Å². The predicted octanol–water partition coefficient (Wildman–Crippen LogP) is 6.00.